The monoisotopic (exact) mass is 291 g/mol. The summed E-state index contributed by atoms with van der Waals surface area (Å²) in [4.78, 5) is 19.7. The predicted molar refractivity (Wildman–Crippen MR) is 29.3 cm³/mol. The molecule has 7 heteroatoms. The molecule has 0 saturated heterocycles. The Morgan fingerprint density at radius 2 is 1.18 bits per heavy atom. The molecule has 11 heavy (non-hydrogen) atoms. The maximum atomic E-state index is 9.83. The molecule has 0 rings (SSSR count). The van der Waals surface area contributed by atoms with Crippen LogP contribution in [-0.2, 0) is 32.0 Å². The number of rotatable bonds is 3. The first kappa shape index (κ1) is 13.8. The molecule has 4 nitrogen and oxygen atoms in total. The van der Waals surface area contributed by atoms with Crippen LogP contribution in [0, 0.1) is 0 Å². The number of carboxylic acids is 2. The molecule has 0 bridgehead atoms. The molecule has 0 aliphatic heterocycles. The van der Waals surface area contributed by atoms with E-state index >= 15 is 0 Å². The van der Waals surface area contributed by atoms with E-state index in [1.807, 2.05) is 0 Å². The summed E-state index contributed by atoms with van der Waals surface area (Å²) >= 11 is 9.89. The minimum atomic E-state index is -1.76. The van der Waals surface area contributed by atoms with Gasteiger partial charge in [-0.25, -0.2) is 0 Å². The molecular weight excluding hydrogens is 291 g/mol. The molecule has 0 aromatic rings. The molecular formula is C4H2AgCl2O4-2. The van der Waals surface area contributed by atoms with Gasteiger partial charge in [0.1, 0.15) is 0 Å². The number of carboxylic acid groups (broad SMARTS) is 2. The third-order valence-corrected chi connectivity index (χ3v) is 1.70. The average Bonchev–Trinajstić information content (AvgIpc) is 1.84. The quantitative estimate of drug-likeness (QED) is 0.433. The Labute approximate surface area is 88.0 Å². The van der Waals surface area contributed by atoms with E-state index in [9.17, 15) is 19.8 Å². The summed E-state index contributed by atoms with van der Waals surface area (Å²) < 4.78 is 0. The van der Waals surface area contributed by atoms with Crippen molar-refractivity contribution < 1.29 is 42.2 Å². The first-order valence-electron chi connectivity index (χ1n) is 2.16. The molecule has 0 aliphatic carbocycles. The Balaban J connectivity index is 0. The van der Waals surface area contributed by atoms with Crippen molar-refractivity contribution in [2.75, 3.05) is 0 Å². The van der Waals surface area contributed by atoms with Gasteiger partial charge in [0, 0.05) is 22.4 Å². The first-order chi connectivity index (χ1) is 4.46. The molecule has 0 fully saturated rings. The zero-order valence-electron chi connectivity index (χ0n) is 4.85. The summed E-state index contributed by atoms with van der Waals surface area (Å²) in [6, 6.07) is 0. The summed E-state index contributed by atoms with van der Waals surface area (Å²) in [6.45, 7) is 0. The van der Waals surface area contributed by atoms with Gasteiger partial charge in [-0.05, 0) is 0 Å². The Kier molecular flexibility index (Phi) is 7.36. The van der Waals surface area contributed by atoms with Gasteiger partial charge >= 0.3 is 0 Å². The Morgan fingerprint density at radius 3 is 1.27 bits per heavy atom. The number of carbonyl (C=O) groups excluding carboxylic acids is 2. The first-order valence-corrected chi connectivity index (χ1v) is 3.04. The topological polar surface area (TPSA) is 80.3 Å². The fraction of sp³-hybridized carbons (Fsp3) is 0.500. The molecule has 0 saturated carbocycles. The fourth-order valence-corrected chi connectivity index (χ4v) is 0.445. The second-order valence-corrected chi connectivity index (χ2v) is 2.38. The number of aliphatic carboxylic acids is 2. The van der Waals surface area contributed by atoms with Crippen molar-refractivity contribution in [3.63, 3.8) is 0 Å². The third-order valence-electron chi connectivity index (χ3n) is 0.707. The molecule has 0 N–H and O–H groups in total. The largest absolute Gasteiger partial charge is 0.548 e. The predicted octanol–water partition coefficient (Wildman–Crippen LogP) is -2.30. The van der Waals surface area contributed by atoms with Crippen LogP contribution in [0.1, 0.15) is 0 Å². The van der Waals surface area contributed by atoms with Crippen molar-refractivity contribution in [3.05, 3.63) is 0 Å². The number of halogens is 2. The molecule has 2 atom stereocenters. The summed E-state index contributed by atoms with van der Waals surface area (Å²) in [7, 11) is 0. The van der Waals surface area contributed by atoms with Gasteiger partial charge in [-0.3, -0.25) is 0 Å². The molecule has 0 spiro atoms. The van der Waals surface area contributed by atoms with E-state index in [1.165, 1.54) is 0 Å². The molecule has 69 valence electrons. The van der Waals surface area contributed by atoms with Crippen molar-refractivity contribution in [1.29, 1.82) is 0 Å². The van der Waals surface area contributed by atoms with Gasteiger partial charge in [0.15, 0.2) is 0 Å². The molecule has 2 unspecified atom stereocenters. The van der Waals surface area contributed by atoms with Crippen LogP contribution < -0.4 is 10.2 Å². The molecule has 1 radical (unpaired) electrons. The van der Waals surface area contributed by atoms with Crippen LogP contribution in [0.5, 0.6) is 0 Å². The second-order valence-electron chi connectivity index (χ2n) is 1.44. The van der Waals surface area contributed by atoms with Gasteiger partial charge < -0.3 is 19.8 Å². The van der Waals surface area contributed by atoms with Crippen molar-refractivity contribution in [2.45, 2.75) is 10.8 Å². The number of carbonyl (C=O) groups is 2. The van der Waals surface area contributed by atoms with E-state index in [-0.39, 0.29) is 22.4 Å². The summed E-state index contributed by atoms with van der Waals surface area (Å²) in [6.07, 6.45) is 0. The van der Waals surface area contributed by atoms with Crippen LogP contribution in [0.4, 0.5) is 0 Å². The van der Waals surface area contributed by atoms with Gasteiger partial charge in [0.2, 0.25) is 0 Å². The van der Waals surface area contributed by atoms with Crippen LogP contribution in [-0.4, -0.2) is 22.7 Å². The van der Waals surface area contributed by atoms with Gasteiger partial charge in [-0.2, -0.15) is 0 Å². The zero-order valence-corrected chi connectivity index (χ0v) is 7.84. The van der Waals surface area contributed by atoms with E-state index < -0.39 is 22.7 Å². The minimum absolute atomic E-state index is 0. The van der Waals surface area contributed by atoms with E-state index in [2.05, 4.69) is 0 Å². The van der Waals surface area contributed by atoms with Crippen LogP contribution in [0.15, 0.2) is 0 Å². The van der Waals surface area contributed by atoms with Gasteiger partial charge in [0.05, 0.1) is 22.7 Å². The summed E-state index contributed by atoms with van der Waals surface area (Å²) in [5.41, 5.74) is 0. The second kappa shape index (κ2) is 5.85. The number of hydrogen-bond acceptors (Lipinski definition) is 4. The van der Waals surface area contributed by atoms with Gasteiger partial charge in [-0.15, -0.1) is 23.2 Å². The minimum Gasteiger partial charge on any atom is -0.548 e. The van der Waals surface area contributed by atoms with Crippen molar-refractivity contribution in [1.82, 2.24) is 0 Å². The fourth-order valence-electron chi connectivity index (χ4n) is 0.239. The zero-order chi connectivity index (χ0) is 8.31. The normalized spacial score (nSPS) is 14.4. The Morgan fingerprint density at radius 1 is 1.00 bits per heavy atom. The number of hydrogen-bond donors (Lipinski definition) is 0. The van der Waals surface area contributed by atoms with Crippen LogP contribution in [0.25, 0.3) is 0 Å². The van der Waals surface area contributed by atoms with Crippen molar-refractivity contribution >= 4 is 35.1 Å². The standard InChI is InChI=1S/C4H4Cl2O4.Ag/c5-1(3(7)8)2(6)4(9)10;/h1-2H,(H,7,8)(H,9,10);/p-2. The van der Waals surface area contributed by atoms with Crippen molar-refractivity contribution in [3.8, 4) is 0 Å². The molecule has 0 aromatic heterocycles. The van der Waals surface area contributed by atoms with Crippen LogP contribution in [0.3, 0.4) is 0 Å². The SMILES string of the molecule is O=C([O-])C(Cl)C(Cl)C(=O)[O-].[Ag]. The van der Waals surface area contributed by atoms with E-state index in [4.69, 9.17) is 23.2 Å². The molecule has 0 amide bonds. The summed E-state index contributed by atoms with van der Waals surface area (Å²) in [5.74, 6) is -3.46. The third kappa shape index (κ3) is 4.66. The van der Waals surface area contributed by atoms with E-state index in [0.717, 1.165) is 0 Å². The molecule has 0 aromatic carbocycles. The van der Waals surface area contributed by atoms with Crippen molar-refractivity contribution in [2.24, 2.45) is 0 Å². The smallest absolute Gasteiger partial charge is 0.0946 e. The Hall–Kier alpha value is 0.260. The Bertz CT molecular complexity index is 144. The van der Waals surface area contributed by atoms with Crippen LogP contribution >= 0.6 is 23.2 Å². The molecule has 0 aliphatic rings. The number of alkyl halides is 2. The van der Waals surface area contributed by atoms with Gasteiger partial charge in [0.25, 0.3) is 0 Å². The van der Waals surface area contributed by atoms with E-state index in [0.29, 0.717) is 0 Å². The summed E-state index contributed by atoms with van der Waals surface area (Å²) in [5, 5.41) is 16.1. The van der Waals surface area contributed by atoms with Crippen LogP contribution in [0.2, 0.25) is 0 Å². The maximum absolute atomic E-state index is 9.83. The molecule has 0 heterocycles. The average molecular weight is 293 g/mol. The van der Waals surface area contributed by atoms with Gasteiger partial charge in [-0.1, -0.05) is 0 Å². The van der Waals surface area contributed by atoms with E-state index in [1.54, 1.807) is 0 Å². The maximum Gasteiger partial charge on any atom is 0.0946 e.